The van der Waals surface area contributed by atoms with E-state index in [9.17, 15) is 9.59 Å². The van der Waals surface area contributed by atoms with Crippen LogP contribution in [0, 0.1) is 5.92 Å². The Bertz CT molecular complexity index is 775. The van der Waals surface area contributed by atoms with Gasteiger partial charge in [-0.1, -0.05) is 31.2 Å². The number of hydrogen-bond acceptors (Lipinski definition) is 2. The highest BCUT2D eigenvalue weighted by Crippen LogP contribution is 2.24. The molecule has 124 valence electrons. The van der Waals surface area contributed by atoms with Crippen molar-refractivity contribution < 1.29 is 9.59 Å². The fraction of sp³-hybridized carbons (Fsp3) is 0.263. The highest BCUT2D eigenvalue weighted by Gasteiger charge is 2.26. The highest BCUT2D eigenvalue weighted by molar-refractivity contribution is 9.10. The zero-order valence-corrected chi connectivity index (χ0v) is 15.0. The van der Waals surface area contributed by atoms with Crippen LogP contribution in [0.3, 0.4) is 0 Å². The third kappa shape index (κ3) is 3.51. The van der Waals surface area contributed by atoms with E-state index in [4.69, 9.17) is 0 Å². The van der Waals surface area contributed by atoms with E-state index in [1.54, 1.807) is 18.2 Å². The first-order valence-corrected chi connectivity index (χ1v) is 8.79. The molecule has 1 unspecified atom stereocenters. The average molecular weight is 387 g/mol. The lowest BCUT2D eigenvalue weighted by Crippen LogP contribution is -2.29. The summed E-state index contributed by atoms with van der Waals surface area (Å²) in [5, 5.41) is 2.87. The molecule has 0 spiro atoms. The summed E-state index contributed by atoms with van der Waals surface area (Å²) in [6, 6.07) is 14.4. The monoisotopic (exact) mass is 386 g/mol. The minimum atomic E-state index is -0.238. The lowest BCUT2D eigenvalue weighted by molar-refractivity contribution is 0.0789. The van der Waals surface area contributed by atoms with Crippen molar-refractivity contribution >= 4 is 33.4 Å². The van der Waals surface area contributed by atoms with Crippen LogP contribution in [0.5, 0.6) is 0 Å². The zero-order valence-electron chi connectivity index (χ0n) is 13.5. The van der Waals surface area contributed by atoms with Gasteiger partial charge >= 0.3 is 0 Å². The van der Waals surface area contributed by atoms with E-state index in [-0.39, 0.29) is 11.8 Å². The van der Waals surface area contributed by atoms with Gasteiger partial charge in [0.2, 0.25) is 0 Å². The molecule has 1 saturated heterocycles. The van der Waals surface area contributed by atoms with Crippen LogP contribution >= 0.6 is 15.9 Å². The molecule has 1 fully saturated rings. The first kappa shape index (κ1) is 16.7. The Balaban J connectivity index is 1.83. The van der Waals surface area contributed by atoms with Crippen LogP contribution in [0.4, 0.5) is 5.69 Å². The molecule has 3 rings (SSSR count). The number of amides is 2. The number of carbonyl (C=O) groups excluding carboxylic acids is 2. The van der Waals surface area contributed by atoms with Crippen molar-refractivity contribution in [2.75, 3.05) is 18.4 Å². The Morgan fingerprint density at radius 1 is 1.08 bits per heavy atom. The van der Waals surface area contributed by atoms with E-state index in [0.29, 0.717) is 22.7 Å². The van der Waals surface area contributed by atoms with E-state index in [2.05, 4.69) is 28.2 Å². The Kier molecular flexibility index (Phi) is 5.00. The lowest BCUT2D eigenvalue weighted by atomic mass is 10.1. The van der Waals surface area contributed by atoms with Crippen LogP contribution in [0.15, 0.2) is 53.0 Å². The Morgan fingerprint density at radius 2 is 1.75 bits per heavy atom. The number of hydrogen-bond donors (Lipinski definition) is 1. The second-order valence-electron chi connectivity index (χ2n) is 6.12. The summed E-state index contributed by atoms with van der Waals surface area (Å²) >= 11 is 3.38. The van der Waals surface area contributed by atoms with E-state index in [1.165, 1.54) is 0 Å². The maximum Gasteiger partial charge on any atom is 0.256 e. The molecule has 1 atom stereocenters. The third-order valence-corrected chi connectivity index (χ3v) is 4.93. The van der Waals surface area contributed by atoms with Crippen LogP contribution in [0.1, 0.15) is 34.1 Å². The van der Waals surface area contributed by atoms with Crippen LogP contribution in [0.2, 0.25) is 0 Å². The highest BCUT2D eigenvalue weighted by atomic mass is 79.9. The van der Waals surface area contributed by atoms with Gasteiger partial charge in [-0.05, 0) is 52.5 Å². The molecule has 0 radical (unpaired) electrons. The van der Waals surface area contributed by atoms with Gasteiger partial charge in [-0.2, -0.15) is 0 Å². The largest absolute Gasteiger partial charge is 0.338 e. The fourth-order valence-corrected chi connectivity index (χ4v) is 3.37. The van der Waals surface area contributed by atoms with Crippen molar-refractivity contribution in [3.8, 4) is 0 Å². The molecule has 24 heavy (non-hydrogen) atoms. The van der Waals surface area contributed by atoms with Gasteiger partial charge in [0.1, 0.15) is 0 Å². The molecular formula is C19H19BrN2O2. The van der Waals surface area contributed by atoms with Crippen LogP contribution in [-0.4, -0.2) is 29.8 Å². The maximum atomic E-state index is 12.8. The lowest BCUT2D eigenvalue weighted by Gasteiger charge is -2.18. The summed E-state index contributed by atoms with van der Waals surface area (Å²) in [6.07, 6.45) is 1.03. The van der Waals surface area contributed by atoms with Gasteiger partial charge in [0.05, 0.1) is 16.8 Å². The number of anilines is 1. The average Bonchev–Trinajstić information content (AvgIpc) is 3.01. The number of para-hydroxylation sites is 1. The van der Waals surface area contributed by atoms with Gasteiger partial charge in [0, 0.05) is 17.6 Å². The summed E-state index contributed by atoms with van der Waals surface area (Å²) < 4.78 is 0.722. The summed E-state index contributed by atoms with van der Waals surface area (Å²) in [5.74, 6) is 0.260. The molecule has 1 heterocycles. The molecule has 2 aromatic rings. The number of likely N-dealkylation sites (tertiary alicyclic amines) is 1. The maximum absolute atomic E-state index is 12.8. The van der Waals surface area contributed by atoms with E-state index >= 15 is 0 Å². The second-order valence-corrected chi connectivity index (χ2v) is 6.98. The third-order valence-electron chi connectivity index (χ3n) is 4.24. The smallest absolute Gasteiger partial charge is 0.256 e. The summed E-state index contributed by atoms with van der Waals surface area (Å²) in [5.41, 5.74) is 1.62. The van der Waals surface area contributed by atoms with Crippen molar-refractivity contribution in [2.24, 2.45) is 5.92 Å². The molecular weight excluding hydrogens is 368 g/mol. The first-order valence-electron chi connectivity index (χ1n) is 8.00. The van der Waals surface area contributed by atoms with Crippen LogP contribution < -0.4 is 5.32 Å². The van der Waals surface area contributed by atoms with E-state index < -0.39 is 0 Å². The number of benzene rings is 2. The Hall–Kier alpha value is -2.14. The number of nitrogens with zero attached hydrogens (tertiary/aromatic N) is 1. The molecule has 0 aliphatic carbocycles. The van der Waals surface area contributed by atoms with Crippen molar-refractivity contribution in [3.05, 3.63) is 64.1 Å². The quantitative estimate of drug-likeness (QED) is 0.859. The van der Waals surface area contributed by atoms with Crippen molar-refractivity contribution in [2.45, 2.75) is 13.3 Å². The standard InChI is InChI=1S/C19H19BrN2O2/c1-13-10-11-22(12-13)19(24)15-7-3-5-9-17(15)21-18(23)14-6-2-4-8-16(14)20/h2-9,13H,10-12H2,1H3,(H,21,23). The van der Waals surface area contributed by atoms with E-state index in [1.807, 2.05) is 35.2 Å². The summed E-state index contributed by atoms with van der Waals surface area (Å²) in [4.78, 5) is 27.1. The Morgan fingerprint density at radius 3 is 2.42 bits per heavy atom. The van der Waals surface area contributed by atoms with E-state index in [0.717, 1.165) is 24.0 Å². The molecule has 1 N–H and O–H groups in total. The molecule has 0 bridgehead atoms. The number of nitrogens with one attached hydrogen (secondary N) is 1. The normalized spacial score (nSPS) is 16.9. The molecule has 1 aliphatic heterocycles. The molecule has 0 saturated carbocycles. The van der Waals surface area contributed by atoms with Gasteiger partial charge in [-0.25, -0.2) is 0 Å². The second kappa shape index (κ2) is 7.18. The fourth-order valence-electron chi connectivity index (χ4n) is 2.90. The molecule has 1 aliphatic rings. The van der Waals surface area contributed by atoms with Gasteiger partial charge in [-0.15, -0.1) is 0 Å². The molecule has 5 heteroatoms. The van der Waals surface area contributed by atoms with Gasteiger partial charge in [-0.3, -0.25) is 9.59 Å². The molecule has 0 aromatic heterocycles. The molecule has 2 aromatic carbocycles. The predicted octanol–water partition coefficient (Wildman–Crippen LogP) is 4.18. The van der Waals surface area contributed by atoms with Crippen LogP contribution in [-0.2, 0) is 0 Å². The van der Waals surface area contributed by atoms with Crippen molar-refractivity contribution in [1.82, 2.24) is 4.90 Å². The SMILES string of the molecule is CC1CCN(C(=O)c2ccccc2NC(=O)c2ccccc2Br)C1. The number of carbonyl (C=O) groups is 2. The minimum Gasteiger partial charge on any atom is -0.338 e. The van der Waals surface area contributed by atoms with Gasteiger partial charge in [0.15, 0.2) is 0 Å². The van der Waals surface area contributed by atoms with Crippen molar-refractivity contribution in [1.29, 1.82) is 0 Å². The summed E-state index contributed by atoms with van der Waals surface area (Å²) in [6.45, 7) is 3.69. The van der Waals surface area contributed by atoms with Gasteiger partial charge < -0.3 is 10.2 Å². The first-order chi connectivity index (χ1) is 11.6. The predicted molar refractivity (Wildman–Crippen MR) is 98.2 cm³/mol. The minimum absolute atomic E-state index is 0.0256. The zero-order chi connectivity index (χ0) is 17.1. The van der Waals surface area contributed by atoms with Crippen molar-refractivity contribution in [3.63, 3.8) is 0 Å². The Labute approximate surface area is 150 Å². The summed E-state index contributed by atoms with van der Waals surface area (Å²) in [7, 11) is 0. The van der Waals surface area contributed by atoms with Gasteiger partial charge in [0.25, 0.3) is 11.8 Å². The molecule has 2 amide bonds. The van der Waals surface area contributed by atoms with Crippen LogP contribution in [0.25, 0.3) is 0 Å². The number of rotatable bonds is 3. The topological polar surface area (TPSA) is 49.4 Å². The number of halogens is 1. The molecule has 4 nitrogen and oxygen atoms in total.